The molecule has 1 N–H and O–H groups in total. The summed E-state index contributed by atoms with van der Waals surface area (Å²) in [7, 11) is 0. The Balaban J connectivity index is 1.69. The molecule has 2 aliphatic carbocycles. The van der Waals surface area contributed by atoms with E-state index in [1.165, 1.54) is 19.3 Å². The first-order valence-electron chi connectivity index (χ1n) is 7.28. The van der Waals surface area contributed by atoms with Crippen molar-refractivity contribution in [2.24, 2.45) is 17.8 Å². The summed E-state index contributed by atoms with van der Waals surface area (Å²) in [6.07, 6.45) is 5.05. The molecule has 1 aromatic rings. The van der Waals surface area contributed by atoms with Gasteiger partial charge in [0.2, 0.25) is 0 Å². The molecule has 1 aromatic carbocycles. The normalized spacial score (nSPS) is 31.1. The molecule has 2 saturated carbocycles. The monoisotopic (exact) mass is 247 g/mol. The highest BCUT2D eigenvalue weighted by Crippen LogP contribution is 2.59. The fourth-order valence-electron chi connectivity index (χ4n) is 3.98. The van der Waals surface area contributed by atoms with Crippen LogP contribution in [0, 0.1) is 23.6 Å². The van der Waals surface area contributed by atoms with Crippen molar-refractivity contribution in [2.45, 2.75) is 38.6 Å². The lowest BCUT2D eigenvalue weighted by molar-refractivity contribution is 0.406. The van der Waals surface area contributed by atoms with Crippen molar-refractivity contribution in [2.75, 3.05) is 6.54 Å². The Labute approximate surface area is 109 Å². The zero-order valence-electron chi connectivity index (χ0n) is 11.0. The predicted octanol–water partition coefficient (Wildman–Crippen LogP) is 3.39. The Morgan fingerprint density at radius 1 is 1.28 bits per heavy atom. The molecule has 0 radical (unpaired) electrons. The standard InChI is InChI=1S/C16H22FN/c1-2-18-15(16-12-7-5-8-13(12)16)10-11-6-3-4-9-14(11)17/h3-4,6,9,12-13,15-16,18H,2,5,7-8,10H2,1H3. The molecule has 1 nitrogen and oxygen atoms in total. The van der Waals surface area contributed by atoms with Gasteiger partial charge in [0.05, 0.1) is 0 Å². The number of nitrogens with one attached hydrogen (secondary N) is 1. The molecule has 0 saturated heterocycles. The molecule has 0 bridgehead atoms. The van der Waals surface area contributed by atoms with Gasteiger partial charge in [0.15, 0.2) is 0 Å². The third-order valence-corrected chi connectivity index (χ3v) is 4.80. The number of halogens is 1. The van der Waals surface area contributed by atoms with E-state index in [0.717, 1.165) is 36.3 Å². The van der Waals surface area contributed by atoms with Crippen molar-refractivity contribution >= 4 is 0 Å². The molecule has 0 heterocycles. The molecule has 98 valence electrons. The van der Waals surface area contributed by atoms with Crippen LogP contribution in [-0.4, -0.2) is 12.6 Å². The number of likely N-dealkylation sites (N-methyl/N-ethyl adjacent to an activating group) is 1. The summed E-state index contributed by atoms with van der Waals surface area (Å²) in [6.45, 7) is 3.13. The molecular weight excluding hydrogens is 225 g/mol. The van der Waals surface area contributed by atoms with E-state index >= 15 is 0 Å². The molecule has 2 aliphatic rings. The van der Waals surface area contributed by atoms with E-state index in [9.17, 15) is 4.39 Å². The fraction of sp³-hybridized carbons (Fsp3) is 0.625. The van der Waals surface area contributed by atoms with Crippen LogP contribution in [0.2, 0.25) is 0 Å². The maximum Gasteiger partial charge on any atom is 0.126 e. The van der Waals surface area contributed by atoms with Gasteiger partial charge in [0, 0.05) is 6.04 Å². The second-order valence-electron chi connectivity index (χ2n) is 5.80. The molecule has 0 spiro atoms. The third kappa shape index (κ3) is 2.18. The number of hydrogen-bond acceptors (Lipinski definition) is 1. The quantitative estimate of drug-likeness (QED) is 0.841. The Bertz CT molecular complexity index is 407. The van der Waals surface area contributed by atoms with Crippen LogP contribution in [0.15, 0.2) is 24.3 Å². The first-order chi connectivity index (χ1) is 8.81. The predicted molar refractivity (Wildman–Crippen MR) is 71.9 cm³/mol. The van der Waals surface area contributed by atoms with Crippen molar-refractivity contribution in [3.05, 3.63) is 35.6 Å². The van der Waals surface area contributed by atoms with Crippen LogP contribution in [-0.2, 0) is 6.42 Å². The van der Waals surface area contributed by atoms with Crippen LogP contribution in [0.4, 0.5) is 4.39 Å². The van der Waals surface area contributed by atoms with Gasteiger partial charge in [-0.15, -0.1) is 0 Å². The summed E-state index contributed by atoms with van der Waals surface area (Å²) >= 11 is 0. The van der Waals surface area contributed by atoms with Crippen molar-refractivity contribution in [1.29, 1.82) is 0 Å². The molecule has 0 aliphatic heterocycles. The Hall–Kier alpha value is -0.890. The van der Waals surface area contributed by atoms with Crippen molar-refractivity contribution in [3.63, 3.8) is 0 Å². The molecule has 3 atom stereocenters. The number of fused-ring (bicyclic) bond motifs is 1. The SMILES string of the molecule is CCNC(Cc1ccccc1F)C1C2CCCC21. The van der Waals surface area contributed by atoms with E-state index in [1.807, 2.05) is 12.1 Å². The van der Waals surface area contributed by atoms with Gasteiger partial charge in [0.25, 0.3) is 0 Å². The van der Waals surface area contributed by atoms with Crippen LogP contribution < -0.4 is 5.32 Å². The van der Waals surface area contributed by atoms with E-state index in [0.29, 0.717) is 6.04 Å². The first kappa shape index (κ1) is 12.2. The topological polar surface area (TPSA) is 12.0 Å². The van der Waals surface area contributed by atoms with E-state index in [1.54, 1.807) is 12.1 Å². The summed E-state index contributed by atoms with van der Waals surface area (Å²) in [5, 5.41) is 3.58. The molecular formula is C16H22FN. The Morgan fingerprint density at radius 2 is 2.00 bits per heavy atom. The number of benzene rings is 1. The van der Waals surface area contributed by atoms with E-state index < -0.39 is 0 Å². The van der Waals surface area contributed by atoms with E-state index in [2.05, 4.69) is 12.2 Å². The minimum Gasteiger partial charge on any atom is -0.314 e. The van der Waals surface area contributed by atoms with Crippen LogP contribution in [0.1, 0.15) is 31.7 Å². The average molecular weight is 247 g/mol. The average Bonchev–Trinajstić information content (AvgIpc) is 2.84. The van der Waals surface area contributed by atoms with Crippen LogP contribution in [0.25, 0.3) is 0 Å². The van der Waals surface area contributed by atoms with Gasteiger partial charge in [-0.25, -0.2) is 4.39 Å². The molecule has 3 rings (SSSR count). The lowest BCUT2D eigenvalue weighted by Gasteiger charge is -2.20. The van der Waals surface area contributed by atoms with Crippen molar-refractivity contribution in [3.8, 4) is 0 Å². The molecule has 18 heavy (non-hydrogen) atoms. The molecule has 0 aromatic heterocycles. The molecule has 3 unspecified atom stereocenters. The number of hydrogen-bond donors (Lipinski definition) is 1. The smallest absolute Gasteiger partial charge is 0.126 e. The highest BCUT2D eigenvalue weighted by atomic mass is 19.1. The Morgan fingerprint density at radius 3 is 2.67 bits per heavy atom. The van der Waals surface area contributed by atoms with Gasteiger partial charge in [-0.3, -0.25) is 0 Å². The first-order valence-corrected chi connectivity index (χ1v) is 7.28. The van der Waals surface area contributed by atoms with Gasteiger partial charge in [-0.1, -0.05) is 31.5 Å². The van der Waals surface area contributed by atoms with Gasteiger partial charge >= 0.3 is 0 Å². The van der Waals surface area contributed by atoms with Crippen molar-refractivity contribution in [1.82, 2.24) is 5.32 Å². The van der Waals surface area contributed by atoms with Crippen LogP contribution in [0.5, 0.6) is 0 Å². The summed E-state index contributed by atoms with van der Waals surface area (Å²) in [6, 6.07) is 7.69. The zero-order valence-corrected chi connectivity index (χ0v) is 11.0. The largest absolute Gasteiger partial charge is 0.314 e. The lowest BCUT2D eigenvalue weighted by Crippen LogP contribution is -2.34. The summed E-state index contributed by atoms with van der Waals surface area (Å²) < 4.78 is 13.7. The van der Waals surface area contributed by atoms with Crippen LogP contribution in [0.3, 0.4) is 0 Å². The minimum absolute atomic E-state index is 0.0498. The van der Waals surface area contributed by atoms with Gasteiger partial charge < -0.3 is 5.32 Å². The number of rotatable bonds is 5. The third-order valence-electron chi connectivity index (χ3n) is 4.80. The van der Waals surface area contributed by atoms with Crippen molar-refractivity contribution < 1.29 is 4.39 Å². The molecule has 2 fully saturated rings. The van der Waals surface area contributed by atoms with E-state index in [4.69, 9.17) is 0 Å². The summed E-state index contributed by atoms with van der Waals surface area (Å²) in [5.74, 6) is 2.62. The van der Waals surface area contributed by atoms with Crippen LogP contribution >= 0.6 is 0 Å². The molecule has 2 heteroatoms. The summed E-state index contributed by atoms with van der Waals surface area (Å²) in [5.41, 5.74) is 0.869. The fourth-order valence-corrected chi connectivity index (χ4v) is 3.98. The summed E-state index contributed by atoms with van der Waals surface area (Å²) in [4.78, 5) is 0. The van der Waals surface area contributed by atoms with Gasteiger partial charge in [-0.2, -0.15) is 0 Å². The maximum absolute atomic E-state index is 13.7. The van der Waals surface area contributed by atoms with Gasteiger partial charge in [0.1, 0.15) is 5.82 Å². The highest BCUT2D eigenvalue weighted by molar-refractivity contribution is 5.20. The minimum atomic E-state index is -0.0498. The maximum atomic E-state index is 13.7. The Kier molecular flexibility index (Phi) is 3.38. The lowest BCUT2D eigenvalue weighted by atomic mass is 9.97. The van der Waals surface area contributed by atoms with E-state index in [-0.39, 0.29) is 5.82 Å². The van der Waals surface area contributed by atoms with Gasteiger partial charge in [-0.05, 0) is 55.2 Å². The second kappa shape index (κ2) is 5.00. The zero-order chi connectivity index (χ0) is 12.5. The highest BCUT2D eigenvalue weighted by Gasteiger charge is 2.55. The second-order valence-corrected chi connectivity index (χ2v) is 5.80. The molecule has 0 amide bonds.